The molecule has 3 rings (SSSR count). The maximum atomic E-state index is 4.80. The van der Waals surface area contributed by atoms with Crippen molar-refractivity contribution in [3.05, 3.63) is 11.1 Å². The van der Waals surface area contributed by atoms with Crippen molar-refractivity contribution in [1.29, 1.82) is 0 Å². The second-order valence-electron chi connectivity index (χ2n) is 5.83. The molecular formula is C14H23N3S. The van der Waals surface area contributed by atoms with E-state index in [4.69, 9.17) is 4.98 Å². The van der Waals surface area contributed by atoms with Crippen molar-refractivity contribution in [3.8, 4) is 0 Å². The van der Waals surface area contributed by atoms with E-state index >= 15 is 0 Å². The van der Waals surface area contributed by atoms with Gasteiger partial charge in [0, 0.05) is 30.6 Å². The molecule has 4 heteroatoms. The zero-order valence-electron chi connectivity index (χ0n) is 11.4. The van der Waals surface area contributed by atoms with Crippen LogP contribution in [0.15, 0.2) is 5.38 Å². The van der Waals surface area contributed by atoms with Gasteiger partial charge in [0.1, 0.15) is 0 Å². The molecule has 100 valence electrons. The Morgan fingerprint density at radius 2 is 2.22 bits per heavy atom. The Morgan fingerprint density at radius 3 is 3.00 bits per heavy atom. The normalized spacial score (nSPS) is 28.7. The molecule has 0 amide bonds. The minimum atomic E-state index is 0.633. The first-order valence-corrected chi connectivity index (χ1v) is 8.06. The largest absolute Gasteiger partial charge is 0.345 e. The summed E-state index contributed by atoms with van der Waals surface area (Å²) >= 11 is 1.81. The van der Waals surface area contributed by atoms with Crippen molar-refractivity contribution >= 4 is 16.5 Å². The van der Waals surface area contributed by atoms with Crippen LogP contribution in [0.25, 0.3) is 0 Å². The van der Waals surface area contributed by atoms with Gasteiger partial charge in [-0.25, -0.2) is 4.98 Å². The van der Waals surface area contributed by atoms with Crippen LogP contribution >= 0.6 is 11.3 Å². The Kier molecular flexibility index (Phi) is 3.57. The number of hydrogen-bond donors (Lipinski definition) is 1. The van der Waals surface area contributed by atoms with Crippen LogP contribution in [0.1, 0.15) is 45.2 Å². The lowest BCUT2D eigenvalue weighted by molar-refractivity contribution is 0.363. The second-order valence-corrected chi connectivity index (χ2v) is 6.67. The zero-order chi connectivity index (χ0) is 12.5. The SMILES string of the molecule is CC1CCCN(c2nc(CNC3CC3)cs2)C1C. The predicted molar refractivity (Wildman–Crippen MR) is 77.2 cm³/mol. The molecule has 3 nitrogen and oxygen atoms in total. The first-order valence-electron chi connectivity index (χ1n) is 7.18. The molecular weight excluding hydrogens is 242 g/mol. The van der Waals surface area contributed by atoms with Crippen LogP contribution in [0, 0.1) is 5.92 Å². The van der Waals surface area contributed by atoms with Gasteiger partial charge in [-0.05, 0) is 38.5 Å². The van der Waals surface area contributed by atoms with Gasteiger partial charge in [0.15, 0.2) is 5.13 Å². The van der Waals surface area contributed by atoms with Gasteiger partial charge in [-0.1, -0.05) is 6.92 Å². The van der Waals surface area contributed by atoms with Crippen molar-refractivity contribution < 1.29 is 0 Å². The molecule has 2 aliphatic rings. The number of nitrogens with zero attached hydrogens (tertiary/aromatic N) is 2. The quantitative estimate of drug-likeness (QED) is 0.907. The van der Waals surface area contributed by atoms with E-state index in [2.05, 4.69) is 29.4 Å². The number of nitrogens with one attached hydrogen (secondary N) is 1. The van der Waals surface area contributed by atoms with Gasteiger partial charge in [0.05, 0.1) is 5.69 Å². The molecule has 0 aromatic carbocycles. The minimum Gasteiger partial charge on any atom is -0.345 e. The van der Waals surface area contributed by atoms with Crippen molar-refractivity contribution in [3.63, 3.8) is 0 Å². The Morgan fingerprint density at radius 1 is 1.39 bits per heavy atom. The van der Waals surface area contributed by atoms with Gasteiger partial charge in [0.2, 0.25) is 0 Å². The summed E-state index contributed by atoms with van der Waals surface area (Å²) in [5.74, 6) is 0.788. The highest BCUT2D eigenvalue weighted by Crippen LogP contribution is 2.30. The fourth-order valence-corrected chi connectivity index (χ4v) is 3.59. The predicted octanol–water partition coefficient (Wildman–Crippen LogP) is 3.02. The molecule has 2 heterocycles. The zero-order valence-corrected chi connectivity index (χ0v) is 12.2. The van der Waals surface area contributed by atoms with E-state index in [-0.39, 0.29) is 0 Å². The molecule has 0 bridgehead atoms. The second kappa shape index (κ2) is 5.17. The molecule has 1 aromatic heterocycles. The van der Waals surface area contributed by atoms with Crippen molar-refractivity contribution in [1.82, 2.24) is 10.3 Å². The van der Waals surface area contributed by atoms with Crippen LogP contribution in [0.3, 0.4) is 0 Å². The molecule has 0 spiro atoms. The molecule has 0 radical (unpaired) electrons. The first-order chi connectivity index (χ1) is 8.74. The van der Waals surface area contributed by atoms with Crippen LogP contribution in [0.2, 0.25) is 0 Å². The lowest BCUT2D eigenvalue weighted by atomic mass is 9.93. The average molecular weight is 265 g/mol. The third-order valence-electron chi connectivity index (χ3n) is 4.31. The number of anilines is 1. The smallest absolute Gasteiger partial charge is 0.185 e. The van der Waals surface area contributed by atoms with Crippen molar-refractivity contribution in [2.45, 2.75) is 58.2 Å². The van der Waals surface area contributed by atoms with Crippen molar-refractivity contribution in [2.24, 2.45) is 5.92 Å². The molecule has 1 aliphatic heterocycles. The summed E-state index contributed by atoms with van der Waals surface area (Å²) in [6.07, 6.45) is 5.36. The van der Waals surface area contributed by atoms with E-state index in [9.17, 15) is 0 Å². The summed E-state index contributed by atoms with van der Waals surface area (Å²) in [5.41, 5.74) is 1.22. The summed E-state index contributed by atoms with van der Waals surface area (Å²) in [6.45, 7) is 6.82. The summed E-state index contributed by atoms with van der Waals surface area (Å²) < 4.78 is 0. The number of rotatable bonds is 4. The lowest BCUT2D eigenvalue weighted by Gasteiger charge is -2.37. The van der Waals surface area contributed by atoms with E-state index in [1.807, 2.05) is 11.3 Å². The Hall–Kier alpha value is -0.610. The van der Waals surface area contributed by atoms with Gasteiger partial charge in [-0.15, -0.1) is 11.3 Å². The highest BCUT2D eigenvalue weighted by atomic mass is 32.1. The lowest BCUT2D eigenvalue weighted by Crippen LogP contribution is -2.42. The van der Waals surface area contributed by atoms with Crippen LogP contribution in [-0.4, -0.2) is 23.6 Å². The monoisotopic (exact) mass is 265 g/mol. The average Bonchev–Trinajstić information content (AvgIpc) is 3.08. The molecule has 1 saturated heterocycles. The molecule has 1 N–H and O–H groups in total. The molecule has 18 heavy (non-hydrogen) atoms. The van der Waals surface area contributed by atoms with Gasteiger partial charge in [-0.2, -0.15) is 0 Å². The summed E-state index contributed by atoms with van der Waals surface area (Å²) in [7, 11) is 0. The Bertz CT molecular complexity index is 399. The Balaban J connectivity index is 1.63. The third-order valence-corrected chi connectivity index (χ3v) is 5.23. The highest BCUT2D eigenvalue weighted by molar-refractivity contribution is 7.13. The molecule has 2 unspecified atom stereocenters. The van der Waals surface area contributed by atoms with Crippen LogP contribution in [0.4, 0.5) is 5.13 Å². The summed E-state index contributed by atoms with van der Waals surface area (Å²) in [5, 5.41) is 6.98. The van der Waals surface area contributed by atoms with E-state index in [1.165, 1.54) is 43.1 Å². The maximum absolute atomic E-state index is 4.80. The van der Waals surface area contributed by atoms with Crippen LogP contribution in [0.5, 0.6) is 0 Å². The van der Waals surface area contributed by atoms with Crippen LogP contribution in [-0.2, 0) is 6.54 Å². The third kappa shape index (κ3) is 2.69. The van der Waals surface area contributed by atoms with E-state index in [1.54, 1.807) is 0 Å². The molecule has 2 atom stereocenters. The fourth-order valence-electron chi connectivity index (χ4n) is 2.65. The molecule has 1 saturated carbocycles. The molecule has 2 fully saturated rings. The molecule has 1 aliphatic carbocycles. The summed E-state index contributed by atoms with van der Waals surface area (Å²) in [6, 6.07) is 1.40. The minimum absolute atomic E-state index is 0.633. The van der Waals surface area contributed by atoms with Gasteiger partial charge < -0.3 is 10.2 Å². The number of hydrogen-bond acceptors (Lipinski definition) is 4. The number of aromatic nitrogens is 1. The summed E-state index contributed by atoms with van der Waals surface area (Å²) in [4.78, 5) is 7.30. The van der Waals surface area contributed by atoms with Gasteiger partial charge in [-0.3, -0.25) is 0 Å². The topological polar surface area (TPSA) is 28.2 Å². The van der Waals surface area contributed by atoms with E-state index < -0.39 is 0 Å². The first kappa shape index (κ1) is 12.4. The highest BCUT2D eigenvalue weighted by Gasteiger charge is 2.27. The van der Waals surface area contributed by atoms with E-state index in [0.29, 0.717) is 6.04 Å². The Labute approximate surface area is 114 Å². The van der Waals surface area contributed by atoms with Crippen LogP contribution < -0.4 is 10.2 Å². The van der Waals surface area contributed by atoms with E-state index in [0.717, 1.165) is 18.5 Å². The van der Waals surface area contributed by atoms with Gasteiger partial charge >= 0.3 is 0 Å². The maximum Gasteiger partial charge on any atom is 0.185 e. The number of piperidine rings is 1. The van der Waals surface area contributed by atoms with Crippen molar-refractivity contribution in [2.75, 3.05) is 11.4 Å². The van der Waals surface area contributed by atoms with Gasteiger partial charge in [0.25, 0.3) is 0 Å². The fraction of sp³-hybridized carbons (Fsp3) is 0.786. The molecule has 1 aromatic rings. The standard InChI is InChI=1S/C14H23N3S/c1-10-4-3-7-17(11(10)2)14-16-13(9-18-14)8-15-12-5-6-12/h9-12,15H,3-8H2,1-2H3. The number of thiazole rings is 1.